The van der Waals surface area contributed by atoms with Crippen LogP contribution in [0.5, 0.6) is 0 Å². The molecule has 0 unspecified atom stereocenters. The van der Waals surface area contributed by atoms with Crippen LogP contribution in [-0.2, 0) is 24.4 Å². The third-order valence-corrected chi connectivity index (χ3v) is 5.43. The summed E-state index contributed by atoms with van der Waals surface area (Å²) in [6.07, 6.45) is 4.69. The number of nitrogens with one attached hydrogen (secondary N) is 1. The summed E-state index contributed by atoms with van der Waals surface area (Å²) < 4.78 is 9.51. The van der Waals surface area contributed by atoms with Crippen molar-refractivity contribution in [3.63, 3.8) is 0 Å². The lowest BCUT2D eigenvalue weighted by Crippen LogP contribution is -2.43. The van der Waals surface area contributed by atoms with E-state index in [1.54, 1.807) is 23.0 Å². The highest BCUT2D eigenvalue weighted by Gasteiger charge is 2.20. The van der Waals surface area contributed by atoms with Crippen LogP contribution in [0, 0.1) is 13.8 Å². The molecule has 0 saturated carbocycles. The maximum absolute atomic E-state index is 13.4. The van der Waals surface area contributed by atoms with Crippen molar-refractivity contribution in [3.05, 3.63) is 80.6 Å². The Hall–Kier alpha value is -3.88. The summed E-state index contributed by atoms with van der Waals surface area (Å²) in [5.41, 5.74) is 2.13. The summed E-state index contributed by atoms with van der Waals surface area (Å²) in [7, 11) is 0. The summed E-state index contributed by atoms with van der Waals surface area (Å²) in [6, 6.07) is 9.25. The second-order valence-corrected chi connectivity index (χ2v) is 8.23. The second-order valence-electron chi connectivity index (χ2n) is 8.23. The van der Waals surface area contributed by atoms with Gasteiger partial charge in [0.05, 0.1) is 19.1 Å². The van der Waals surface area contributed by atoms with Gasteiger partial charge in [0.25, 0.3) is 5.56 Å². The van der Waals surface area contributed by atoms with Gasteiger partial charge in [-0.2, -0.15) is 0 Å². The molecule has 1 aromatic carbocycles. The molecule has 0 fully saturated rings. The molecule has 0 atom stereocenters. The van der Waals surface area contributed by atoms with Crippen molar-refractivity contribution < 1.29 is 9.21 Å². The van der Waals surface area contributed by atoms with E-state index in [1.807, 2.05) is 39.0 Å². The Bertz CT molecular complexity index is 1390. The Morgan fingerprint density at radius 3 is 2.55 bits per heavy atom. The third-order valence-electron chi connectivity index (χ3n) is 5.43. The molecule has 0 aliphatic carbocycles. The first-order valence-electron chi connectivity index (χ1n) is 11.0. The molecule has 0 spiro atoms. The van der Waals surface area contributed by atoms with Gasteiger partial charge >= 0.3 is 5.69 Å². The molecular weight excluding hydrogens is 422 g/mol. The summed E-state index contributed by atoms with van der Waals surface area (Å²) in [4.78, 5) is 43.7. The Kier molecular flexibility index (Phi) is 6.30. The van der Waals surface area contributed by atoms with Gasteiger partial charge in [0.1, 0.15) is 12.3 Å². The minimum atomic E-state index is -0.553. The molecule has 9 nitrogen and oxygen atoms in total. The smallest absolute Gasteiger partial charge is 0.333 e. The number of anilines is 1. The maximum atomic E-state index is 13.4. The Morgan fingerprint density at radius 1 is 1.12 bits per heavy atom. The van der Waals surface area contributed by atoms with Gasteiger partial charge < -0.3 is 14.3 Å². The number of aromatic nitrogens is 4. The Morgan fingerprint density at radius 2 is 1.88 bits per heavy atom. The molecule has 9 heteroatoms. The number of aryl methyl sites for hydroxylation is 3. The number of fused-ring (bicyclic) bond motifs is 1. The topological polar surface area (TPSA) is 104 Å². The number of furan rings is 1. The molecule has 33 heavy (non-hydrogen) atoms. The van der Waals surface area contributed by atoms with Crippen molar-refractivity contribution >= 4 is 22.8 Å². The van der Waals surface area contributed by atoms with E-state index in [0.29, 0.717) is 30.2 Å². The van der Waals surface area contributed by atoms with Gasteiger partial charge in [-0.1, -0.05) is 19.4 Å². The van der Waals surface area contributed by atoms with Crippen molar-refractivity contribution in [2.45, 2.75) is 53.2 Å². The number of carbonyl (C=O) groups excluding carboxylic acids is 1. The standard InChI is InChI=1S/C24H27N5O4/c1-4-5-8-28-22-21(27(15-25-22)13-19-7-6-9-33-19)23(31)29(24(28)32)14-20(30)26-18-11-16(2)10-17(3)12-18/h6-7,9-12,15H,4-5,8,13-14H2,1-3H3,(H,26,30). The van der Waals surface area contributed by atoms with Gasteiger partial charge in [-0.3, -0.25) is 14.2 Å². The number of amides is 1. The first-order valence-corrected chi connectivity index (χ1v) is 11.0. The van der Waals surface area contributed by atoms with Crippen LogP contribution < -0.4 is 16.6 Å². The minimum Gasteiger partial charge on any atom is -0.467 e. The largest absolute Gasteiger partial charge is 0.467 e. The molecule has 4 aromatic rings. The molecule has 0 bridgehead atoms. The number of rotatable bonds is 8. The molecule has 0 aliphatic rings. The number of benzene rings is 1. The summed E-state index contributed by atoms with van der Waals surface area (Å²) >= 11 is 0. The van der Waals surface area contributed by atoms with Crippen LogP contribution in [0.1, 0.15) is 36.7 Å². The van der Waals surface area contributed by atoms with E-state index in [2.05, 4.69) is 10.3 Å². The van der Waals surface area contributed by atoms with E-state index in [4.69, 9.17) is 4.42 Å². The van der Waals surface area contributed by atoms with Gasteiger partial charge in [-0.05, 0) is 55.7 Å². The highest BCUT2D eigenvalue weighted by Crippen LogP contribution is 2.14. The second kappa shape index (κ2) is 9.32. The van der Waals surface area contributed by atoms with E-state index in [-0.39, 0.29) is 5.52 Å². The van der Waals surface area contributed by atoms with Crippen LogP contribution in [-0.4, -0.2) is 24.6 Å². The number of hydrogen-bond donors (Lipinski definition) is 1. The number of nitrogens with zero attached hydrogens (tertiary/aromatic N) is 4. The molecule has 1 amide bonds. The predicted octanol–water partition coefficient (Wildman–Crippen LogP) is 3.06. The Balaban J connectivity index is 1.75. The molecule has 4 rings (SSSR count). The molecule has 1 N–H and O–H groups in total. The van der Waals surface area contributed by atoms with E-state index in [1.165, 1.54) is 10.9 Å². The SMILES string of the molecule is CCCCn1c(=O)n(CC(=O)Nc2cc(C)cc(C)c2)c(=O)c2c1ncn2Cc1ccco1. The van der Waals surface area contributed by atoms with Crippen molar-refractivity contribution in [2.24, 2.45) is 0 Å². The van der Waals surface area contributed by atoms with E-state index >= 15 is 0 Å². The number of carbonyl (C=O) groups is 1. The highest BCUT2D eigenvalue weighted by atomic mass is 16.3. The summed E-state index contributed by atoms with van der Waals surface area (Å²) in [5.74, 6) is 0.205. The fraction of sp³-hybridized carbons (Fsp3) is 0.333. The number of unbranched alkanes of at least 4 members (excludes halogenated alkanes) is 1. The monoisotopic (exact) mass is 449 g/mol. The van der Waals surface area contributed by atoms with E-state index in [9.17, 15) is 14.4 Å². The zero-order valence-corrected chi connectivity index (χ0v) is 19.0. The quantitative estimate of drug-likeness (QED) is 0.445. The summed E-state index contributed by atoms with van der Waals surface area (Å²) in [6.45, 7) is 6.20. The number of hydrogen-bond acceptors (Lipinski definition) is 5. The van der Waals surface area contributed by atoms with Gasteiger partial charge in [-0.25, -0.2) is 14.3 Å². The molecular formula is C24H27N5O4. The van der Waals surface area contributed by atoms with Crippen molar-refractivity contribution in [3.8, 4) is 0 Å². The Labute approximate surface area is 190 Å². The van der Waals surface area contributed by atoms with Gasteiger partial charge in [0.15, 0.2) is 11.2 Å². The molecule has 0 radical (unpaired) electrons. The average molecular weight is 450 g/mol. The molecule has 3 aromatic heterocycles. The van der Waals surface area contributed by atoms with Crippen LogP contribution in [0.2, 0.25) is 0 Å². The normalized spacial score (nSPS) is 11.2. The van der Waals surface area contributed by atoms with Crippen molar-refractivity contribution in [1.82, 2.24) is 18.7 Å². The molecule has 3 heterocycles. The van der Waals surface area contributed by atoms with Crippen LogP contribution in [0.4, 0.5) is 5.69 Å². The summed E-state index contributed by atoms with van der Waals surface area (Å²) in [5, 5.41) is 2.80. The zero-order chi connectivity index (χ0) is 23.5. The van der Waals surface area contributed by atoms with Crippen LogP contribution in [0.15, 0.2) is 56.9 Å². The van der Waals surface area contributed by atoms with Gasteiger partial charge in [0, 0.05) is 12.2 Å². The lowest BCUT2D eigenvalue weighted by atomic mass is 10.1. The van der Waals surface area contributed by atoms with Crippen LogP contribution in [0.25, 0.3) is 11.2 Å². The lowest BCUT2D eigenvalue weighted by Gasteiger charge is -2.13. The van der Waals surface area contributed by atoms with Crippen LogP contribution >= 0.6 is 0 Å². The van der Waals surface area contributed by atoms with Crippen LogP contribution in [0.3, 0.4) is 0 Å². The molecule has 0 aliphatic heterocycles. The van der Waals surface area contributed by atoms with Gasteiger partial charge in [-0.15, -0.1) is 0 Å². The maximum Gasteiger partial charge on any atom is 0.333 e. The first-order chi connectivity index (χ1) is 15.9. The fourth-order valence-electron chi connectivity index (χ4n) is 3.98. The fourth-order valence-corrected chi connectivity index (χ4v) is 3.98. The van der Waals surface area contributed by atoms with Gasteiger partial charge in [0.2, 0.25) is 5.91 Å². The van der Waals surface area contributed by atoms with Crippen molar-refractivity contribution in [2.75, 3.05) is 5.32 Å². The predicted molar refractivity (Wildman–Crippen MR) is 126 cm³/mol. The number of imidazole rings is 1. The zero-order valence-electron chi connectivity index (χ0n) is 19.0. The highest BCUT2D eigenvalue weighted by molar-refractivity contribution is 5.90. The lowest BCUT2D eigenvalue weighted by molar-refractivity contribution is -0.116. The van der Waals surface area contributed by atoms with E-state index < -0.39 is 23.7 Å². The minimum absolute atomic E-state index is 0.265. The molecule has 172 valence electrons. The average Bonchev–Trinajstić information content (AvgIpc) is 3.41. The van der Waals surface area contributed by atoms with Crippen molar-refractivity contribution in [1.29, 1.82) is 0 Å². The third kappa shape index (κ3) is 4.67. The molecule has 0 saturated heterocycles. The first kappa shape index (κ1) is 22.3. The van der Waals surface area contributed by atoms with E-state index in [0.717, 1.165) is 28.5 Å².